The van der Waals surface area contributed by atoms with Gasteiger partial charge < -0.3 is 20.1 Å². The Bertz CT molecular complexity index is 949. The second kappa shape index (κ2) is 6.87. The van der Waals surface area contributed by atoms with Gasteiger partial charge >= 0.3 is 0 Å². The summed E-state index contributed by atoms with van der Waals surface area (Å²) < 4.78 is 24.9. The zero-order valence-electron chi connectivity index (χ0n) is 14.1. The highest BCUT2D eigenvalue weighted by atomic mass is 19.1. The highest BCUT2D eigenvalue weighted by Gasteiger charge is 2.12. The number of para-hydroxylation sites is 1. The molecule has 2 aromatic carbocycles. The molecule has 0 spiro atoms. The number of anilines is 4. The topological polar surface area (TPSA) is 68.3 Å². The summed E-state index contributed by atoms with van der Waals surface area (Å²) in [5.74, 6) is 1.96. The molecule has 0 saturated heterocycles. The Labute approximate surface area is 150 Å². The van der Waals surface area contributed by atoms with Gasteiger partial charge in [0.15, 0.2) is 11.5 Å². The largest absolute Gasteiger partial charge is 0.486 e. The van der Waals surface area contributed by atoms with Crippen molar-refractivity contribution >= 4 is 23.1 Å². The first-order valence-corrected chi connectivity index (χ1v) is 8.21. The summed E-state index contributed by atoms with van der Waals surface area (Å²) in [6.45, 7) is 2.92. The summed E-state index contributed by atoms with van der Waals surface area (Å²) in [4.78, 5) is 8.78. The Morgan fingerprint density at radius 1 is 0.923 bits per heavy atom. The Kier molecular flexibility index (Phi) is 4.27. The number of aromatic nitrogens is 2. The summed E-state index contributed by atoms with van der Waals surface area (Å²) in [5, 5.41) is 6.12. The molecule has 132 valence electrons. The van der Waals surface area contributed by atoms with Crippen molar-refractivity contribution in [3.8, 4) is 11.5 Å². The van der Waals surface area contributed by atoms with Gasteiger partial charge in [-0.1, -0.05) is 12.1 Å². The predicted molar refractivity (Wildman–Crippen MR) is 97.2 cm³/mol. The Morgan fingerprint density at radius 3 is 2.58 bits per heavy atom. The average Bonchev–Trinajstić information content (AvgIpc) is 2.63. The molecular formula is C19H17FN4O2. The molecular weight excluding hydrogens is 335 g/mol. The normalized spacial score (nSPS) is 12.5. The van der Waals surface area contributed by atoms with E-state index in [0.29, 0.717) is 42.2 Å². The molecule has 1 aromatic heterocycles. The number of nitrogens with one attached hydrogen (secondary N) is 2. The summed E-state index contributed by atoms with van der Waals surface area (Å²) in [6.07, 6.45) is 0. The van der Waals surface area contributed by atoms with Crippen LogP contribution in [0.2, 0.25) is 0 Å². The third-order valence-electron chi connectivity index (χ3n) is 3.79. The fourth-order valence-electron chi connectivity index (χ4n) is 2.64. The monoisotopic (exact) mass is 352 g/mol. The molecule has 6 nitrogen and oxygen atoms in total. The van der Waals surface area contributed by atoms with Gasteiger partial charge in [0.1, 0.15) is 24.8 Å². The minimum atomic E-state index is -0.342. The number of halogens is 1. The van der Waals surface area contributed by atoms with Gasteiger partial charge in [0.25, 0.3) is 0 Å². The van der Waals surface area contributed by atoms with E-state index in [4.69, 9.17) is 9.47 Å². The molecule has 0 bridgehead atoms. The first-order chi connectivity index (χ1) is 12.7. The SMILES string of the molecule is Cc1cc(Nc2ccccc2F)nc(Nc2ccc3c(c2)OCCO3)n1. The maximum Gasteiger partial charge on any atom is 0.229 e. The molecule has 0 aliphatic carbocycles. The van der Waals surface area contributed by atoms with E-state index in [9.17, 15) is 4.39 Å². The van der Waals surface area contributed by atoms with Crippen LogP contribution in [-0.4, -0.2) is 23.2 Å². The highest BCUT2D eigenvalue weighted by Crippen LogP contribution is 2.33. The fraction of sp³-hybridized carbons (Fsp3) is 0.158. The molecule has 0 saturated carbocycles. The maximum atomic E-state index is 13.8. The summed E-state index contributed by atoms with van der Waals surface area (Å²) >= 11 is 0. The van der Waals surface area contributed by atoms with Crippen LogP contribution in [0.3, 0.4) is 0 Å². The van der Waals surface area contributed by atoms with Gasteiger partial charge in [0.2, 0.25) is 5.95 Å². The highest BCUT2D eigenvalue weighted by molar-refractivity contribution is 5.63. The van der Waals surface area contributed by atoms with Gasteiger partial charge in [-0.3, -0.25) is 0 Å². The number of ether oxygens (including phenoxy) is 2. The second-order valence-electron chi connectivity index (χ2n) is 5.81. The first kappa shape index (κ1) is 16.1. The molecule has 0 amide bonds. The minimum Gasteiger partial charge on any atom is -0.486 e. The van der Waals surface area contributed by atoms with Crippen LogP contribution in [0.25, 0.3) is 0 Å². The van der Waals surface area contributed by atoms with Gasteiger partial charge in [0, 0.05) is 23.5 Å². The molecule has 0 fully saturated rings. The second-order valence-corrected chi connectivity index (χ2v) is 5.81. The number of hydrogen-bond donors (Lipinski definition) is 2. The van der Waals surface area contributed by atoms with E-state index in [1.807, 2.05) is 25.1 Å². The van der Waals surface area contributed by atoms with E-state index in [-0.39, 0.29) is 5.82 Å². The van der Waals surface area contributed by atoms with E-state index in [1.165, 1.54) is 6.07 Å². The van der Waals surface area contributed by atoms with Crippen LogP contribution in [0, 0.1) is 12.7 Å². The van der Waals surface area contributed by atoms with Crippen molar-refractivity contribution in [1.29, 1.82) is 0 Å². The predicted octanol–water partition coefficient (Wildman–Crippen LogP) is 4.18. The third-order valence-corrected chi connectivity index (χ3v) is 3.79. The Balaban J connectivity index is 1.57. The Hall–Kier alpha value is -3.35. The van der Waals surface area contributed by atoms with Crippen molar-refractivity contribution in [3.63, 3.8) is 0 Å². The molecule has 4 rings (SSSR count). The number of nitrogens with zero attached hydrogens (tertiary/aromatic N) is 2. The molecule has 1 aliphatic rings. The van der Waals surface area contributed by atoms with Crippen LogP contribution in [0.5, 0.6) is 11.5 Å². The molecule has 26 heavy (non-hydrogen) atoms. The van der Waals surface area contributed by atoms with Crippen LogP contribution in [-0.2, 0) is 0 Å². The number of benzene rings is 2. The molecule has 7 heteroatoms. The van der Waals surface area contributed by atoms with E-state index in [1.54, 1.807) is 24.3 Å². The van der Waals surface area contributed by atoms with Gasteiger partial charge in [-0.05, 0) is 31.2 Å². The van der Waals surface area contributed by atoms with E-state index in [0.717, 1.165) is 11.4 Å². The zero-order chi connectivity index (χ0) is 17.9. The quantitative estimate of drug-likeness (QED) is 0.734. The van der Waals surface area contributed by atoms with Crippen LogP contribution in [0.1, 0.15) is 5.69 Å². The number of fused-ring (bicyclic) bond motifs is 1. The van der Waals surface area contributed by atoms with Crippen molar-refractivity contribution in [2.75, 3.05) is 23.8 Å². The lowest BCUT2D eigenvalue weighted by Gasteiger charge is -2.19. The number of hydrogen-bond acceptors (Lipinski definition) is 6. The standard InChI is InChI=1S/C19H17FN4O2/c1-12-10-18(23-15-5-3-2-4-14(15)20)24-19(21-12)22-13-6-7-16-17(11-13)26-9-8-25-16/h2-7,10-11H,8-9H2,1H3,(H2,21,22,23,24). The first-order valence-electron chi connectivity index (χ1n) is 8.21. The molecule has 0 unspecified atom stereocenters. The number of rotatable bonds is 4. The van der Waals surface area contributed by atoms with Crippen LogP contribution >= 0.6 is 0 Å². The van der Waals surface area contributed by atoms with Crippen LogP contribution in [0.15, 0.2) is 48.5 Å². The van der Waals surface area contributed by atoms with Gasteiger partial charge in [-0.25, -0.2) is 9.37 Å². The molecule has 3 aromatic rings. The van der Waals surface area contributed by atoms with E-state index in [2.05, 4.69) is 20.6 Å². The molecule has 0 atom stereocenters. The molecule has 1 aliphatic heterocycles. The van der Waals surface area contributed by atoms with Crippen molar-refractivity contribution in [3.05, 3.63) is 60.0 Å². The maximum absolute atomic E-state index is 13.8. The lowest BCUT2D eigenvalue weighted by molar-refractivity contribution is 0.171. The summed E-state index contributed by atoms with van der Waals surface area (Å²) in [5.41, 5.74) is 1.88. The van der Waals surface area contributed by atoms with Gasteiger partial charge in [0.05, 0.1) is 5.69 Å². The van der Waals surface area contributed by atoms with E-state index >= 15 is 0 Å². The van der Waals surface area contributed by atoms with Crippen LogP contribution in [0.4, 0.5) is 27.5 Å². The van der Waals surface area contributed by atoms with Gasteiger partial charge in [-0.2, -0.15) is 4.98 Å². The average molecular weight is 352 g/mol. The van der Waals surface area contributed by atoms with Crippen molar-refractivity contribution in [2.45, 2.75) is 6.92 Å². The fourth-order valence-corrected chi connectivity index (χ4v) is 2.64. The van der Waals surface area contributed by atoms with Crippen molar-refractivity contribution in [2.24, 2.45) is 0 Å². The summed E-state index contributed by atoms with van der Waals surface area (Å²) in [7, 11) is 0. The number of aryl methyl sites for hydroxylation is 1. The molecule has 2 N–H and O–H groups in total. The molecule has 0 radical (unpaired) electrons. The molecule has 2 heterocycles. The smallest absolute Gasteiger partial charge is 0.229 e. The lowest BCUT2D eigenvalue weighted by atomic mass is 10.2. The van der Waals surface area contributed by atoms with Crippen LogP contribution < -0.4 is 20.1 Å². The van der Waals surface area contributed by atoms with Crippen molar-refractivity contribution in [1.82, 2.24) is 9.97 Å². The lowest BCUT2D eigenvalue weighted by Crippen LogP contribution is -2.15. The van der Waals surface area contributed by atoms with Gasteiger partial charge in [-0.15, -0.1) is 0 Å². The van der Waals surface area contributed by atoms with Crippen molar-refractivity contribution < 1.29 is 13.9 Å². The third kappa shape index (κ3) is 3.51. The van der Waals surface area contributed by atoms with E-state index < -0.39 is 0 Å². The minimum absolute atomic E-state index is 0.342. The Morgan fingerprint density at radius 2 is 1.73 bits per heavy atom. The zero-order valence-corrected chi connectivity index (χ0v) is 14.1. The summed E-state index contributed by atoms with van der Waals surface area (Å²) in [6, 6.07) is 13.7.